The van der Waals surface area contributed by atoms with Crippen LogP contribution in [0.2, 0.25) is 0 Å². The van der Waals surface area contributed by atoms with Gasteiger partial charge in [-0.1, -0.05) is 60.2 Å². The quantitative estimate of drug-likeness (QED) is 0.802. The van der Waals surface area contributed by atoms with Crippen molar-refractivity contribution in [2.75, 3.05) is 0 Å². The minimum Gasteiger partial charge on any atom is -0.308 e. The molecule has 0 saturated carbocycles. The Kier molecular flexibility index (Phi) is 5.37. The van der Waals surface area contributed by atoms with Crippen LogP contribution in [0.25, 0.3) is 0 Å². The van der Waals surface area contributed by atoms with Gasteiger partial charge in [0.05, 0.1) is 0 Å². The Labute approximate surface area is 123 Å². The van der Waals surface area contributed by atoms with Crippen LogP contribution in [0.1, 0.15) is 43.0 Å². The number of rotatable bonds is 6. The van der Waals surface area contributed by atoms with E-state index in [-0.39, 0.29) is 0 Å². The molecule has 0 aliphatic heterocycles. The second kappa shape index (κ2) is 7.25. The van der Waals surface area contributed by atoms with Crippen molar-refractivity contribution in [1.82, 2.24) is 5.32 Å². The van der Waals surface area contributed by atoms with E-state index in [2.05, 4.69) is 80.7 Å². The second-order valence-corrected chi connectivity index (χ2v) is 5.73. The number of hydrogen-bond acceptors (Lipinski definition) is 1. The van der Waals surface area contributed by atoms with Crippen LogP contribution in [-0.2, 0) is 6.42 Å². The minimum atomic E-state index is 0.403. The van der Waals surface area contributed by atoms with E-state index in [1.54, 1.807) is 0 Å². The highest BCUT2D eigenvalue weighted by atomic mass is 14.9. The summed E-state index contributed by atoms with van der Waals surface area (Å²) in [4.78, 5) is 0. The molecule has 2 rings (SSSR count). The molecular weight excluding hydrogens is 242 g/mol. The molecule has 0 saturated heterocycles. The third kappa shape index (κ3) is 4.50. The topological polar surface area (TPSA) is 12.0 Å². The first-order valence-electron chi connectivity index (χ1n) is 7.51. The van der Waals surface area contributed by atoms with Gasteiger partial charge < -0.3 is 5.32 Å². The van der Waals surface area contributed by atoms with Gasteiger partial charge in [-0.25, -0.2) is 0 Å². The van der Waals surface area contributed by atoms with E-state index in [0.717, 1.165) is 6.42 Å². The molecule has 2 aromatic rings. The van der Waals surface area contributed by atoms with Crippen molar-refractivity contribution >= 4 is 0 Å². The third-order valence-corrected chi connectivity index (χ3v) is 3.79. The molecule has 0 radical (unpaired) electrons. The largest absolute Gasteiger partial charge is 0.308 e. The maximum Gasteiger partial charge on any atom is 0.0294 e. The summed E-state index contributed by atoms with van der Waals surface area (Å²) < 4.78 is 0. The highest BCUT2D eigenvalue weighted by Gasteiger charge is 2.09. The van der Waals surface area contributed by atoms with Crippen LogP contribution in [0.3, 0.4) is 0 Å². The summed E-state index contributed by atoms with van der Waals surface area (Å²) >= 11 is 0. The predicted octanol–water partition coefficient (Wildman–Crippen LogP) is 4.67. The Morgan fingerprint density at radius 3 is 2.40 bits per heavy atom. The van der Waals surface area contributed by atoms with E-state index >= 15 is 0 Å². The number of aryl methyl sites for hydroxylation is 2. The molecule has 2 unspecified atom stereocenters. The van der Waals surface area contributed by atoms with Gasteiger partial charge in [0, 0.05) is 12.1 Å². The molecule has 0 spiro atoms. The highest BCUT2D eigenvalue weighted by molar-refractivity contribution is 5.24. The van der Waals surface area contributed by atoms with Crippen LogP contribution >= 0.6 is 0 Å². The fraction of sp³-hybridized carbons (Fsp3) is 0.368. The number of benzene rings is 2. The molecule has 1 heteroatoms. The van der Waals surface area contributed by atoms with Crippen molar-refractivity contribution in [2.24, 2.45) is 0 Å². The molecular formula is C19H25N. The van der Waals surface area contributed by atoms with Gasteiger partial charge >= 0.3 is 0 Å². The van der Waals surface area contributed by atoms with Gasteiger partial charge in [-0.3, -0.25) is 0 Å². The van der Waals surface area contributed by atoms with E-state index in [9.17, 15) is 0 Å². The summed E-state index contributed by atoms with van der Waals surface area (Å²) in [6.07, 6.45) is 2.30. The second-order valence-electron chi connectivity index (χ2n) is 5.73. The molecule has 0 aromatic heterocycles. The minimum absolute atomic E-state index is 0.403. The monoisotopic (exact) mass is 267 g/mol. The van der Waals surface area contributed by atoms with Crippen LogP contribution in [0, 0.1) is 6.92 Å². The van der Waals surface area contributed by atoms with Crippen LogP contribution in [0.4, 0.5) is 0 Å². The van der Waals surface area contributed by atoms with Crippen LogP contribution < -0.4 is 5.32 Å². The van der Waals surface area contributed by atoms with Gasteiger partial charge in [-0.05, 0) is 44.7 Å². The molecule has 0 heterocycles. The van der Waals surface area contributed by atoms with E-state index < -0.39 is 0 Å². The summed E-state index contributed by atoms with van der Waals surface area (Å²) in [6, 6.07) is 20.4. The SMILES string of the molecule is Cc1cccc(C(C)NC(C)CCc2ccccc2)c1. The first-order chi connectivity index (χ1) is 9.65. The summed E-state index contributed by atoms with van der Waals surface area (Å²) in [5, 5.41) is 3.69. The zero-order valence-electron chi connectivity index (χ0n) is 12.8. The molecule has 2 atom stereocenters. The van der Waals surface area contributed by atoms with E-state index in [1.807, 2.05) is 0 Å². The van der Waals surface area contributed by atoms with E-state index in [1.165, 1.54) is 23.1 Å². The standard InChI is InChI=1S/C19H25N/c1-15-8-7-11-19(14-15)17(3)20-16(2)12-13-18-9-5-4-6-10-18/h4-11,14,16-17,20H,12-13H2,1-3H3. The van der Waals surface area contributed by atoms with Gasteiger partial charge in [-0.15, -0.1) is 0 Å². The lowest BCUT2D eigenvalue weighted by atomic mass is 10.0. The Bertz CT molecular complexity index is 518. The predicted molar refractivity (Wildman–Crippen MR) is 87.0 cm³/mol. The molecule has 1 N–H and O–H groups in total. The van der Waals surface area contributed by atoms with Crippen molar-refractivity contribution in [2.45, 2.75) is 45.7 Å². The van der Waals surface area contributed by atoms with Gasteiger partial charge in [-0.2, -0.15) is 0 Å². The van der Waals surface area contributed by atoms with Gasteiger partial charge in [0.25, 0.3) is 0 Å². The Hall–Kier alpha value is -1.60. The molecule has 0 fully saturated rings. The summed E-state index contributed by atoms with van der Waals surface area (Å²) in [5.74, 6) is 0. The maximum absolute atomic E-state index is 3.69. The lowest BCUT2D eigenvalue weighted by Crippen LogP contribution is -2.29. The summed E-state index contributed by atoms with van der Waals surface area (Å²) in [5.41, 5.74) is 4.12. The van der Waals surface area contributed by atoms with Crippen LogP contribution in [0.5, 0.6) is 0 Å². The van der Waals surface area contributed by atoms with Crippen molar-refractivity contribution in [3.8, 4) is 0 Å². The fourth-order valence-corrected chi connectivity index (χ4v) is 2.57. The molecule has 0 aliphatic carbocycles. The molecule has 2 aromatic carbocycles. The molecule has 0 amide bonds. The lowest BCUT2D eigenvalue weighted by molar-refractivity contribution is 0.456. The Morgan fingerprint density at radius 2 is 1.70 bits per heavy atom. The fourth-order valence-electron chi connectivity index (χ4n) is 2.57. The molecule has 1 nitrogen and oxygen atoms in total. The van der Waals surface area contributed by atoms with Crippen LogP contribution in [-0.4, -0.2) is 6.04 Å². The molecule has 106 valence electrons. The van der Waals surface area contributed by atoms with E-state index in [4.69, 9.17) is 0 Å². The average molecular weight is 267 g/mol. The van der Waals surface area contributed by atoms with E-state index in [0.29, 0.717) is 12.1 Å². The summed E-state index contributed by atoms with van der Waals surface area (Å²) in [7, 11) is 0. The zero-order valence-corrected chi connectivity index (χ0v) is 12.8. The van der Waals surface area contributed by atoms with Crippen molar-refractivity contribution in [1.29, 1.82) is 0 Å². The maximum atomic E-state index is 3.69. The van der Waals surface area contributed by atoms with Crippen molar-refractivity contribution in [3.05, 3.63) is 71.3 Å². The summed E-state index contributed by atoms with van der Waals surface area (Å²) in [6.45, 7) is 6.66. The first kappa shape index (κ1) is 14.8. The smallest absolute Gasteiger partial charge is 0.0294 e. The first-order valence-corrected chi connectivity index (χ1v) is 7.51. The number of hydrogen-bond donors (Lipinski definition) is 1. The molecule has 20 heavy (non-hydrogen) atoms. The average Bonchev–Trinajstić information content (AvgIpc) is 2.46. The third-order valence-electron chi connectivity index (χ3n) is 3.79. The van der Waals surface area contributed by atoms with Gasteiger partial charge in [0.15, 0.2) is 0 Å². The van der Waals surface area contributed by atoms with Gasteiger partial charge in [0.2, 0.25) is 0 Å². The number of nitrogens with one attached hydrogen (secondary N) is 1. The normalized spacial score (nSPS) is 13.9. The van der Waals surface area contributed by atoms with Crippen molar-refractivity contribution in [3.63, 3.8) is 0 Å². The Balaban J connectivity index is 1.83. The molecule has 0 bridgehead atoms. The highest BCUT2D eigenvalue weighted by Crippen LogP contribution is 2.15. The molecule has 0 aliphatic rings. The van der Waals surface area contributed by atoms with Crippen LogP contribution in [0.15, 0.2) is 54.6 Å². The van der Waals surface area contributed by atoms with Crippen molar-refractivity contribution < 1.29 is 0 Å². The Morgan fingerprint density at radius 1 is 0.950 bits per heavy atom. The lowest BCUT2D eigenvalue weighted by Gasteiger charge is -2.20. The zero-order chi connectivity index (χ0) is 14.4. The van der Waals surface area contributed by atoms with Gasteiger partial charge in [0.1, 0.15) is 0 Å².